The molecule has 0 amide bonds. The van der Waals surface area contributed by atoms with Gasteiger partial charge in [0.1, 0.15) is 18.1 Å². The molecule has 6 rings (SSSR count). The van der Waals surface area contributed by atoms with Gasteiger partial charge in [-0.1, -0.05) is 72.8 Å². The summed E-state index contributed by atoms with van der Waals surface area (Å²) in [5.74, 6) is 1.81. The van der Waals surface area contributed by atoms with Crippen LogP contribution in [0.3, 0.4) is 0 Å². The van der Waals surface area contributed by atoms with E-state index in [0.29, 0.717) is 13.2 Å². The molecule has 1 unspecified atom stereocenters. The van der Waals surface area contributed by atoms with Gasteiger partial charge in [0.05, 0.1) is 12.6 Å². The van der Waals surface area contributed by atoms with Gasteiger partial charge in [0.15, 0.2) is 0 Å². The van der Waals surface area contributed by atoms with Crippen molar-refractivity contribution in [1.82, 2.24) is 10.3 Å². The van der Waals surface area contributed by atoms with Crippen LogP contribution in [-0.2, 0) is 19.4 Å². The maximum atomic E-state index is 6.10. The van der Waals surface area contributed by atoms with Crippen molar-refractivity contribution in [1.29, 1.82) is 0 Å². The lowest BCUT2D eigenvalue weighted by atomic mass is 9.94. The second-order valence-corrected chi connectivity index (χ2v) is 9.29. The number of hydrogen-bond acceptors (Lipinski definition) is 3. The van der Waals surface area contributed by atoms with Crippen LogP contribution < -0.4 is 14.8 Å². The zero-order valence-electron chi connectivity index (χ0n) is 20.2. The summed E-state index contributed by atoms with van der Waals surface area (Å²) < 4.78 is 12.1. The summed E-state index contributed by atoms with van der Waals surface area (Å²) in [6.45, 7) is 2.18. The Bertz CT molecular complexity index is 1430. The van der Waals surface area contributed by atoms with Gasteiger partial charge in [-0.05, 0) is 59.0 Å². The molecule has 1 aromatic heterocycles. The molecule has 36 heavy (non-hydrogen) atoms. The van der Waals surface area contributed by atoms with E-state index in [1.165, 1.54) is 33.3 Å². The van der Waals surface area contributed by atoms with E-state index < -0.39 is 0 Å². The van der Waals surface area contributed by atoms with Crippen LogP contribution in [0.1, 0.15) is 34.0 Å². The number of nitrogens with one attached hydrogen (secondary N) is 2. The first-order chi connectivity index (χ1) is 17.8. The molecule has 4 heteroatoms. The highest BCUT2D eigenvalue weighted by Crippen LogP contribution is 2.35. The summed E-state index contributed by atoms with van der Waals surface area (Å²) in [4.78, 5) is 3.68. The fourth-order valence-electron chi connectivity index (χ4n) is 5.01. The van der Waals surface area contributed by atoms with Crippen molar-refractivity contribution in [3.05, 3.63) is 131 Å². The third-order valence-electron chi connectivity index (χ3n) is 6.89. The van der Waals surface area contributed by atoms with Gasteiger partial charge in [-0.2, -0.15) is 0 Å². The molecule has 1 atom stereocenters. The summed E-state index contributed by atoms with van der Waals surface area (Å²) >= 11 is 0. The van der Waals surface area contributed by atoms with Crippen LogP contribution in [0.15, 0.2) is 103 Å². The molecule has 180 valence electrons. The topological polar surface area (TPSA) is 46.3 Å². The van der Waals surface area contributed by atoms with Crippen LogP contribution in [0.25, 0.3) is 10.9 Å². The molecular formula is C32H30N2O2. The second-order valence-electron chi connectivity index (χ2n) is 9.29. The number of aromatic nitrogens is 1. The summed E-state index contributed by atoms with van der Waals surface area (Å²) in [6.07, 6.45) is 1.90. The molecule has 1 aliphatic rings. The Morgan fingerprint density at radius 1 is 0.722 bits per heavy atom. The molecular weight excluding hydrogens is 444 g/mol. The SMILES string of the molecule is c1ccc(CCOc2ccc(C3NCCc4c3[nH]c3ccc(OCc5ccccc5)cc43)cc2)cc1. The standard InChI is InChI=1S/C32H30N2O2/c1-3-7-23(8-4-1)18-20-35-26-13-11-25(12-14-26)31-32-28(17-19-33-31)29-21-27(15-16-30(29)34-32)36-22-24-9-5-2-6-10-24/h1-16,21,31,33-34H,17-20,22H2. The van der Waals surface area contributed by atoms with Crippen molar-refractivity contribution >= 4 is 10.9 Å². The molecule has 2 heterocycles. The minimum absolute atomic E-state index is 0.133. The van der Waals surface area contributed by atoms with Crippen LogP contribution in [0.4, 0.5) is 0 Å². The van der Waals surface area contributed by atoms with Crippen molar-refractivity contribution in [3.8, 4) is 11.5 Å². The normalized spacial score (nSPS) is 14.9. The van der Waals surface area contributed by atoms with Gasteiger partial charge in [0, 0.05) is 29.6 Å². The van der Waals surface area contributed by atoms with Crippen molar-refractivity contribution in [2.75, 3.05) is 13.2 Å². The van der Waals surface area contributed by atoms with Crippen LogP contribution >= 0.6 is 0 Å². The molecule has 2 N–H and O–H groups in total. The number of hydrogen-bond donors (Lipinski definition) is 2. The lowest BCUT2D eigenvalue weighted by Crippen LogP contribution is -2.30. The van der Waals surface area contributed by atoms with Crippen LogP contribution in [0.2, 0.25) is 0 Å². The van der Waals surface area contributed by atoms with E-state index in [2.05, 4.69) is 89.2 Å². The lowest BCUT2D eigenvalue weighted by molar-refractivity contribution is 0.306. The average molecular weight is 475 g/mol. The highest BCUT2D eigenvalue weighted by atomic mass is 16.5. The van der Waals surface area contributed by atoms with E-state index in [1.807, 2.05) is 24.3 Å². The molecule has 0 fully saturated rings. The third-order valence-corrected chi connectivity index (χ3v) is 6.89. The van der Waals surface area contributed by atoms with Gasteiger partial charge in [-0.15, -0.1) is 0 Å². The largest absolute Gasteiger partial charge is 0.493 e. The minimum Gasteiger partial charge on any atom is -0.493 e. The lowest BCUT2D eigenvalue weighted by Gasteiger charge is -2.25. The number of rotatable bonds is 8. The molecule has 5 aromatic rings. The Kier molecular flexibility index (Phi) is 6.43. The van der Waals surface area contributed by atoms with Crippen molar-refractivity contribution in [2.24, 2.45) is 0 Å². The van der Waals surface area contributed by atoms with Crippen LogP contribution in [-0.4, -0.2) is 18.1 Å². The Balaban J connectivity index is 1.16. The van der Waals surface area contributed by atoms with E-state index in [4.69, 9.17) is 9.47 Å². The molecule has 0 saturated heterocycles. The Labute approximate surface area is 211 Å². The fraction of sp³-hybridized carbons (Fsp3) is 0.188. The van der Waals surface area contributed by atoms with E-state index in [1.54, 1.807) is 0 Å². The molecule has 0 aliphatic carbocycles. The number of aromatic amines is 1. The van der Waals surface area contributed by atoms with Crippen molar-refractivity contribution < 1.29 is 9.47 Å². The average Bonchev–Trinajstić information content (AvgIpc) is 3.32. The molecule has 0 spiro atoms. The summed E-state index contributed by atoms with van der Waals surface area (Å²) in [5, 5.41) is 4.95. The summed E-state index contributed by atoms with van der Waals surface area (Å²) in [5.41, 5.74) is 7.47. The zero-order chi connectivity index (χ0) is 24.2. The van der Waals surface area contributed by atoms with Crippen LogP contribution in [0, 0.1) is 0 Å². The van der Waals surface area contributed by atoms with Gasteiger partial charge in [-0.25, -0.2) is 0 Å². The first-order valence-corrected chi connectivity index (χ1v) is 12.6. The quantitative estimate of drug-likeness (QED) is 0.266. The van der Waals surface area contributed by atoms with Crippen molar-refractivity contribution in [3.63, 3.8) is 0 Å². The number of ether oxygens (including phenoxy) is 2. The molecule has 0 bridgehead atoms. The Morgan fingerprint density at radius 2 is 1.44 bits per heavy atom. The first-order valence-electron chi connectivity index (χ1n) is 12.6. The minimum atomic E-state index is 0.133. The molecule has 1 aliphatic heterocycles. The van der Waals surface area contributed by atoms with E-state index >= 15 is 0 Å². The smallest absolute Gasteiger partial charge is 0.120 e. The summed E-state index contributed by atoms with van der Waals surface area (Å²) in [6, 6.07) is 35.7. The highest BCUT2D eigenvalue weighted by molar-refractivity contribution is 5.86. The molecule has 0 radical (unpaired) electrons. The van der Waals surface area contributed by atoms with E-state index in [0.717, 1.165) is 36.4 Å². The Morgan fingerprint density at radius 3 is 2.22 bits per heavy atom. The van der Waals surface area contributed by atoms with Gasteiger partial charge in [0.2, 0.25) is 0 Å². The van der Waals surface area contributed by atoms with E-state index in [-0.39, 0.29) is 6.04 Å². The highest BCUT2D eigenvalue weighted by Gasteiger charge is 2.25. The maximum absolute atomic E-state index is 6.10. The van der Waals surface area contributed by atoms with Gasteiger partial charge >= 0.3 is 0 Å². The third kappa shape index (κ3) is 4.86. The van der Waals surface area contributed by atoms with Gasteiger partial charge in [0.25, 0.3) is 0 Å². The molecule has 4 nitrogen and oxygen atoms in total. The van der Waals surface area contributed by atoms with E-state index in [9.17, 15) is 0 Å². The zero-order valence-corrected chi connectivity index (χ0v) is 20.2. The number of fused-ring (bicyclic) bond motifs is 3. The maximum Gasteiger partial charge on any atom is 0.120 e. The predicted molar refractivity (Wildman–Crippen MR) is 145 cm³/mol. The summed E-state index contributed by atoms with van der Waals surface area (Å²) in [7, 11) is 0. The fourth-order valence-corrected chi connectivity index (χ4v) is 5.01. The first kappa shape index (κ1) is 22.4. The Hall–Kier alpha value is -4.02. The second kappa shape index (κ2) is 10.3. The monoisotopic (exact) mass is 474 g/mol. The van der Waals surface area contributed by atoms with Gasteiger partial charge in [-0.3, -0.25) is 0 Å². The predicted octanol–water partition coefficient (Wildman–Crippen LogP) is 6.60. The van der Waals surface area contributed by atoms with Crippen LogP contribution in [0.5, 0.6) is 11.5 Å². The number of H-pyrrole nitrogens is 1. The van der Waals surface area contributed by atoms with Crippen molar-refractivity contribution in [2.45, 2.75) is 25.5 Å². The van der Waals surface area contributed by atoms with Gasteiger partial charge < -0.3 is 19.8 Å². The molecule has 0 saturated carbocycles. The number of benzene rings is 4. The molecule has 4 aromatic carbocycles.